The van der Waals surface area contributed by atoms with E-state index in [4.69, 9.17) is 9.72 Å². The molecule has 3 aliphatic rings. The lowest BCUT2D eigenvalue weighted by atomic mass is 9.91. The van der Waals surface area contributed by atoms with Crippen molar-refractivity contribution in [2.75, 3.05) is 44.7 Å². The first-order chi connectivity index (χ1) is 24.7. The lowest BCUT2D eigenvalue weighted by Crippen LogP contribution is -2.46. The number of amides is 2. The molecule has 0 unspecified atom stereocenters. The van der Waals surface area contributed by atoms with Gasteiger partial charge in [-0.25, -0.2) is 13.2 Å². The van der Waals surface area contributed by atoms with E-state index in [0.29, 0.717) is 72.9 Å². The molecule has 2 atom stereocenters. The molecule has 1 N–H and O–H groups in total. The molecule has 3 saturated heterocycles. The van der Waals surface area contributed by atoms with Crippen molar-refractivity contribution in [3.8, 4) is 23.0 Å². The Morgan fingerprint density at radius 3 is 2.58 bits per heavy atom. The molecule has 3 fully saturated rings. The largest absolute Gasteiger partial charge is 0.508 e. The van der Waals surface area contributed by atoms with Crippen LogP contribution in [0.25, 0.3) is 32.9 Å². The number of ether oxygens (including phenoxy) is 1. The van der Waals surface area contributed by atoms with Crippen LogP contribution in [0.3, 0.4) is 0 Å². The maximum absolute atomic E-state index is 17.0. The molecule has 3 aliphatic heterocycles. The molecule has 10 nitrogen and oxygen atoms in total. The summed E-state index contributed by atoms with van der Waals surface area (Å²) < 4.78 is 52.8. The van der Waals surface area contributed by atoms with Gasteiger partial charge in [0.05, 0.1) is 10.9 Å². The smallest absolute Gasteiger partial charge is 0.319 e. The first-order valence-electron chi connectivity index (χ1n) is 18.1. The van der Waals surface area contributed by atoms with E-state index in [2.05, 4.69) is 14.9 Å². The number of pyridine rings is 1. The van der Waals surface area contributed by atoms with Crippen LogP contribution in [0.2, 0.25) is 0 Å². The number of benzene rings is 2. The molecule has 276 valence electrons. The van der Waals surface area contributed by atoms with Crippen molar-refractivity contribution >= 4 is 39.3 Å². The van der Waals surface area contributed by atoms with Crippen LogP contribution in [0.4, 0.5) is 19.0 Å². The first-order valence-corrected chi connectivity index (χ1v) is 18.1. The molecule has 0 saturated carbocycles. The van der Waals surface area contributed by atoms with Gasteiger partial charge in [0.25, 0.3) is 0 Å². The number of carbonyl (C=O) groups excluding carboxylic acids is 2. The molecule has 2 aromatic carbocycles. The van der Waals surface area contributed by atoms with E-state index < -0.39 is 28.8 Å². The number of nitrogens with zero attached hydrogens (tertiary/aromatic N) is 6. The summed E-state index contributed by atoms with van der Waals surface area (Å²) in [6.07, 6.45) is 3.75. The van der Waals surface area contributed by atoms with E-state index in [9.17, 15) is 19.1 Å². The summed E-state index contributed by atoms with van der Waals surface area (Å²) >= 11 is 0. The van der Waals surface area contributed by atoms with Gasteiger partial charge in [-0.05, 0) is 73.2 Å². The summed E-state index contributed by atoms with van der Waals surface area (Å²) in [5, 5.41) is 11.9. The minimum absolute atomic E-state index is 0.0692. The fourth-order valence-corrected chi connectivity index (χ4v) is 8.41. The standard InChI is InChI=1S/C39H45F3N6O4/c1-6-26-29(41)9-8-23-16-25(49)17-27(30(23)26)32-31(42)33-28(19-43-32)34(45-37(44-33)52-21-39-12-7-13-48(39)20-24(40)18-39)47-14-10-22(11-15-47)35(50)46(5)36(51)38(2,3)4/h8-9,16-17,19,22,24,49H,6-7,10-15,18,20-21H2,1-5H3/t24-,39+/m1/s1. The summed E-state index contributed by atoms with van der Waals surface area (Å²) in [6.45, 7) is 9.17. The number of aryl methyl sites for hydroxylation is 1. The number of rotatable bonds is 7. The number of phenolic OH excluding ortho intramolecular Hbond substituents is 1. The molecule has 7 rings (SSSR count). The number of halogens is 3. The third-order valence-electron chi connectivity index (χ3n) is 11.1. The van der Waals surface area contributed by atoms with Crippen LogP contribution in [0.5, 0.6) is 11.8 Å². The van der Waals surface area contributed by atoms with E-state index in [1.165, 1.54) is 36.3 Å². The van der Waals surface area contributed by atoms with Crippen LogP contribution >= 0.6 is 0 Å². The third-order valence-corrected chi connectivity index (χ3v) is 11.1. The average molecular weight is 719 g/mol. The second-order valence-electron chi connectivity index (χ2n) is 15.6. The number of anilines is 1. The zero-order valence-corrected chi connectivity index (χ0v) is 30.3. The van der Waals surface area contributed by atoms with Gasteiger partial charge in [-0.3, -0.25) is 24.4 Å². The first kappa shape index (κ1) is 35.9. The van der Waals surface area contributed by atoms with Crippen molar-refractivity contribution in [3.05, 3.63) is 47.7 Å². The number of fused-ring (bicyclic) bond motifs is 3. The fraction of sp³-hybridized carbons (Fsp3) is 0.513. The lowest BCUT2D eigenvalue weighted by Gasteiger charge is -2.35. The Labute approximate surface area is 301 Å². The number of phenols is 1. The highest BCUT2D eigenvalue weighted by atomic mass is 19.1. The molecule has 52 heavy (non-hydrogen) atoms. The van der Waals surface area contributed by atoms with E-state index in [-0.39, 0.29) is 52.9 Å². The van der Waals surface area contributed by atoms with Crippen LogP contribution in [-0.4, -0.2) is 93.2 Å². The van der Waals surface area contributed by atoms with Crippen molar-refractivity contribution in [2.45, 2.75) is 77.9 Å². The van der Waals surface area contributed by atoms with Gasteiger partial charge in [-0.1, -0.05) is 33.8 Å². The van der Waals surface area contributed by atoms with E-state index >= 15 is 8.78 Å². The highest BCUT2D eigenvalue weighted by Gasteiger charge is 2.49. The SMILES string of the molecule is CCc1c(F)ccc2cc(O)cc(-c3ncc4c(N5CCC(C(=O)N(C)C(=O)C(C)(C)C)CC5)nc(OC[C@@]56CCCN5C[C@H](F)C6)nc4c3F)c12. The normalized spacial score (nSPS) is 21.2. The summed E-state index contributed by atoms with van der Waals surface area (Å²) in [6, 6.07) is 5.68. The van der Waals surface area contributed by atoms with Gasteiger partial charge in [0.1, 0.15) is 41.4 Å². The number of carbonyl (C=O) groups is 2. The van der Waals surface area contributed by atoms with E-state index in [1.807, 2.05) is 4.90 Å². The number of piperidine rings is 1. The molecular weight excluding hydrogens is 673 g/mol. The monoisotopic (exact) mass is 718 g/mol. The fourth-order valence-electron chi connectivity index (χ4n) is 8.41. The zero-order valence-electron chi connectivity index (χ0n) is 30.3. The van der Waals surface area contributed by atoms with E-state index in [0.717, 1.165) is 19.4 Å². The number of hydrogen-bond donors (Lipinski definition) is 1. The van der Waals surface area contributed by atoms with Crippen molar-refractivity contribution < 1.29 is 32.6 Å². The van der Waals surface area contributed by atoms with Crippen LogP contribution in [0.1, 0.15) is 65.4 Å². The number of alkyl halides is 1. The molecular formula is C39H45F3N6O4. The molecule has 0 aliphatic carbocycles. The van der Waals surface area contributed by atoms with Crippen molar-refractivity contribution in [1.82, 2.24) is 24.8 Å². The second-order valence-corrected chi connectivity index (χ2v) is 15.6. The van der Waals surface area contributed by atoms with Gasteiger partial charge in [-0.15, -0.1) is 0 Å². The second kappa shape index (κ2) is 13.5. The summed E-state index contributed by atoms with van der Waals surface area (Å²) in [5.74, 6) is -1.86. The molecule has 2 amide bonds. The minimum atomic E-state index is -0.959. The van der Waals surface area contributed by atoms with Crippen LogP contribution in [0, 0.1) is 23.0 Å². The number of aromatic hydroxyl groups is 1. The quantitative estimate of drug-likeness (QED) is 0.226. The van der Waals surface area contributed by atoms with E-state index in [1.54, 1.807) is 33.8 Å². The molecule has 4 aromatic rings. The Kier molecular flexibility index (Phi) is 9.29. The number of hydrogen-bond acceptors (Lipinski definition) is 9. The zero-order chi connectivity index (χ0) is 37.1. The molecule has 2 aromatic heterocycles. The summed E-state index contributed by atoms with van der Waals surface area (Å²) in [7, 11) is 1.52. The van der Waals surface area contributed by atoms with Crippen LogP contribution in [-0.2, 0) is 16.0 Å². The Bertz CT molecular complexity index is 2060. The van der Waals surface area contributed by atoms with Crippen molar-refractivity contribution in [1.29, 1.82) is 0 Å². The van der Waals surface area contributed by atoms with Crippen molar-refractivity contribution in [3.63, 3.8) is 0 Å². The lowest BCUT2D eigenvalue weighted by molar-refractivity contribution is -0.151. The van der Waals surface area contributed by atoms with Gasteiger partial charge in [-0.2, -0.15) is 9.97 Å². The van der Waals surface area contributed by atoms with Gasteiger partial charge in [0, 0.05) is 56.2 Å². The predicted octanol–water partition coefficient (Wildman–Crippen LogP) is 6.59. The number of imide groups is 1. The molecule has 0 spiro atoms. The van der Waals surface area contributed by atoms with Crippen molar-refractivity contribution in [2.24, 2.45) is 11.3 Å². The van der Waals surface area contributed by atoms with Crippen LogP contribution < -0.4 is 9.64 Å². The summed E-state index contributed by atoms with van der Waals surface area (Å²) in [5.41, 5.74) is -0.779. The topological polar surface area (TPSA) is 112 Å². The Morgan fingerprint density at radius 1 is 1.12 bits per heavy atom. The van der Waals surface area contributed by atoms with Gasteiger partial charge >= 0.3 is 6.01 Å². The van der Waals surface area contributed by atoms with Crippen LogP contribution in [0.15, 0.2) is 30.5 Å². The molecule has 0 bridgehead atoms. The predicted molar refractivity (Wildman–Crippen MR) is 192 cm³/mol. The highest BCUT2D eigenvalue weighted by Crippen LogP contribution is 2.42. The summed E-state index contributed by atoms with van der Waals surface area (Å²) in [4.78, 5) is 45.3. The van der Waals surface area contributed by atoms with Gasteiger partial charge in [0.2, 0.25) is 11.8 Å². The Morgan fingerprint density at radius 2 is 1.87 bits per heavy atom. The van der Waals surface area contributed by atoms with Gasteiger partial charge in [0.15, 0.2) is 5.82 Å². The maximum Gasteiger partial charge on any atom is 0.319 e. The molecule has 5 heterocycles. The Balaban J connectivity index is 1.28. The maximum atomic E-state index is 17.0. The number of aromatic nitrogens is 3. The molecule has 13 heteroatoms. The average Bonchev–Trinajstić information content (AvgIpc) is 3.65. The van der Waals surface area contributed by atoms with Gasteiger partial charge < -0.3 is 14.7 Å². The highest BCUT2D eigenvalue weighted by molar-refractivity contribution is 6.02. The third kappa shape index (κ3) is 6.30. The minimum Gasteiger partial charge on any atom is -0.508 e. The molecule has 0 radical (unpaired) electrons. The Hall–Kier alpha value is -4.52.